The van der Waals surface area contributed by atoms with Gasteiger partial charge in [-0.3, -0.25) is 9.78 Å². The summed E-state index contributed by atoms with van der Waals surface area (Å²) in [5, 5.41) is 0. The molecule has 2 aromatic rings. The van der Waals surface area contributed by atoms with Crippen molar-refractivity contribution in [3.05, 3.63) is 42.2 Å². The molecule has 0 spiro atoms. The van der Waals surface area contributed by atoms with Crippen LogP contribution in [0.4, 0.5) is 0 Å². The number of carbonyl (C=O) groups is 1. The lowest BCUT2D eigenvalue weighted by atomic mass is 10.1. The lowest BCUT2D eigenvalue weighted by Gasteiger charge is -2.23. The molecule has 1 aliphatic heterocycles. The Balaban J connectivity index is 1.77. The maximum Gasteiger partial charge on any atom is 0.256 e. The average molecular weight is 346 g/mol. The Hall–Kier alpha value is -2.45. The molecule has 0 saturated carbocycles. The summed E-state index contributed by atoms with van der Waals surface area (Å²) in [6.07, 6.45) is 7.25. The summed E-state index contributed by atoms with van der Waals surface area (Å²) < 4.78 is 16.0. The van der Waals surface area contributed by atoms with Gasteiger partial charge in [-0.1, -0.05) is 0 Å². The van der Waals surface area contributed by atoms with Crippen LogP contribution in [-0.4, -0.2) is 65.8 Å². The van der Waals surface area contributed by atoms with E-state index in [1.165, 1.54) is 0 Å². The van der Waals surface area contributed by atoms with Crippen LogP contribution in [0.2, 0.25) is 0 Å². The Morgan fingerprint density at radius 1 is 1.36 bits per heavy atom. The van der Waals surface area contributed by atoms with Crippen LogP contribution < -0.4 is 4.74 Å². The number of amides is 1. The van der Waals surface area contributed by atoms with Gasteiger partial charge in [0.15, 0.2) is 0 Å². The van der Waals surface area contributed by atoms with Gasteiger partial charge in [0.2, 0.25) is 0 Å². The molecule has 8 heteroatoms. The van der Waals surface area contributed by atoms with E-state index in [0.717, 1.165) is 5.82 Å². The highest BCUT2D eigenvalue weighted by atomic mass is 16.5. The molecule has 1 amide bonds. The van der Waals surface area contributed by atoms with Crippen molar-refractivity contribution in [2.45, 2.75) is 18.6 Å². The Labute approximate surface area is 146 Å². The molecule has 2 aromatic heterocycles. The first-order valence-corrected chi connectivity index (χ1v) is 8.12. The van der Waals surface area contributed by atoms with E-state index in [1.54, 1.807) is 50.0 Å². The highest BCUT2D eigenvalue weighted by Crippen LogP contribution is 2.33. The van der Waals surface area contributed by atoms with Gasteiger partial charge in [-0.25, -0.2) is 4.98 Å². The van der Waals surface area contributed by atoms with E-state index in [9.17, 15) is 4.79 Å². The number of ether oxygens (including phenoxy) is 3. The Morgan fingerprint density at radius 3 is 2.96 bits per heavy atom. The first-order chi connectivity index (χ1) is 12.2. The minimum atomic E-state index is -0.148. The van der Waals surface area contributed by atoms with Gasteiger partial charge in [0.1, 0.15) is 18.2 Å². The highest BCUT2D eigenvalue weighted by molar-refractivity contribution is 5.94. The number of imidazole rings is 1. The lowest BCUT2D eigenvalue weighted by molar-refractivity contribution is 0.0683. The smallest absolute Gasteiger partial charge is 0.256 e. The molecular weight excluding hydrogens is 324 g/mol. The zero-order valence-corrected chi connectivity index (χ0v) is 14.3. The van der Waals surface area contributed by atoms with E-state index in [-0.39, 0.29) is 18.1 Å². The second-order valence-electron chi connectivity index (χ2n) is 5.79. The Kier molecular flexibility index (Phi) is 5.62. The summed E-state index contributed by atoms with van der Waals surface area (Å²) in [4.78, 5) is 26.3. The molecule has 1 aliphatic rings. The maximum absolute atomic E-state index is 13.0. The van der Waals surface area contributed by atoms with Crippen LogP contribution in [-0.2, 0) is 9.47 Å². The number of methoxy groups -OCH3 is 2. The molecule has 0 radical (unpaired) electrons. The van der Waals surface area contributed by atoms with E-state index in [1.807, 2.05) is 0 Å². The van der Waals surface area contributed by atoms with E-state index < -0.39 is 0 Å². The number of hydrogen-bond donors (Lipinski definition) is 1. The number of nitrogens with zero attached hydrogens (tertiary/aromatic N) is 3. The van der Waals surface area contributed by atoms with Crippen LogP contribution in [0.25, 0.3) is 0 Å². The zero-order chi connectivity index (χ0) is 17.6. The first kappa shape index (κ1) is 17.4. The molecule has 0 aromatic carbocycles. The van der Waals surface area contributed by atoms with Crippen LogP contribution >= 0.6 is 0 Å². The molecule has 0 aliphatic carbocycles. The summed E-state index contributed by atoms with van der Waals surface area (Å²) in [7, 11) is 3.26. The quantitative estimate of drug-likeness (QED) is 0.763. The fourth-order valence-electron chi connectivity index (χ4n) is 2.93. The van der Waals surface area contributed by atoms with Gasteiger partial charge in [0.05, 0.1) is 30.5 Å². The molecule has 134 valence electrons. The summed E-state index contributed by atoms with van der Waals surface area (Å²) in [5.41, 5.74) is 0.475. The number of aromatic nitrogens is 3. The molecule has 1 fully saturated rings. The van der Waals surface area contributed by atoms with Crippen LogP contribution in [0.15, 0.2) is 30.9 Å². The Morgan fingerprint density at radius 2 is 2.24 bits per heavy atom. The molecule has 8 nitrogen and oxygen atoms in total. The average Bonchev–Trinajstić information content (AvgIpc) is 3.31. The van der Waals surface area contributed by atoms with Crippen LogP contribution in [0.5, 0.6) is 5.75 Å². The fourth-order valence-corrected chi connectivity index (χ4v) is 2.93. The largest absolute Gasteiger partial charge is 0.490 e. The summed E-state index contributed by atoms with van der Waals surface area (Å²) in [5.74, 6) is 1.18. The number of nitrogens with one attached hydrogen (secondary N) is 1. The number of pyridine rings is 1. The third-order valence-corrected chi connectivity index (χ3v) is 4.21. The standard InChI is InChI=1S/C17H22N4O4/c1-23-5-6-25-13-7-12(9-18-10-13)17(22)21-11-14(24-2)8-15(21)16-19-3-4-20-16/h3-4,7,9-10,14-15H,5-6,8,11H2,1-2H3,(H,19,20)/t14-,15?/m1/s1. The van der Waals surface area contributed by atoms with Crippen molar-refractivity contribution in [1.82, 2.24) is 19.9 Å². The highest BCUT2D eigenvalue weighted by Gasteiger charge is 2.38. The number of H-pyrrole nitrogens is 1. The molecule has 0 bridgehead atoms. The third-order valence-electron chi connectivity index (χ3n) is 4.21. The van der Waals surface area contributed by atoms with Gasteiger partial charge in [-0.05, 0) is 6.07 Å². The molecule has 2 atom stereocenters. The van der Waals surface area contributed by atoms with Gasteiger partial charge < -0.3 is 24.1 Å². The summed E-state index contributed by atoms with van der Waals surface area (Å²) >= 11 is 0. The minimum Gasteiger partial charge on any atom is -0.490 e. The van der Waals surface area contributed by atoms with Gasteiger partial charge in [0.25, 0.3) is 5.91 Å². The molecule has 1 saturated heterocycles. The number of aromatic amines is 1. The SMILES string of the molecule is COCCOc1cncc(C(=O)N2C[C@H](OC)CC2c2ncc[nH]2)c1. The zero-order valence-electron chi connectivity index (χ0n) is 14.3. The molecular formula is C17H22N4O4. The predicted molar refractivity (Wildman–Crippen MR) is 89.4 cm³/mol. The molecule has 3 heterocycles. The van der Waals surface area contributed by atoms with Gasteiger partial charge in [-0.15, -0.1) is 0 Å². The maximum atomic E-state index is 13.0. The van der Waals surface area contributed by atoms with Crippen molar-refractivity contribution in [1.29, 1.82) is 0 Å². The van der Waals surface area contributed by atoms with Gasteiger partial charge in [-0.2, -0.15) is 0 Å². The van der Waals surface area contributed by atoms with Crippen molar-refractivity contribution in [2.24, 2.45) is 0 Å². The fraction of sp³-hybridized carbons (Fsp3) is 0.471. The molecule has 3 rings (SSSR count). The summed E-state index contributed by atoms with van der Waals surface area (Å²) in [6, 6.07) is 1.55. The van der Waals surface area contributed by atoms with Gasteiger partial charge in [0, 0.05) is 45.8 Å². The van der Waals surface area contributed by atoms with E-state index >= 15 is 0 Å². The van der Waals surface area contributed by atoms with Crippen molar-refractivity contribution >= 4 is 5.91 Å². The second kappa shape index (κ2) is 8.09. The summed E-state index contributed by atoms with van der Waals surface area (Å²) in [6.45, 7) is 1.39. The van der Waals surface area contributed by atoms with Crippen molar-refractivity contribution in [2.75, 3.05) is 34.0 Å². The predicted octanol–water partition coefficient (Wildman–Crippen LogP) is 1.43. The van der Waals surface area contributed by atoms with Gasteiger partial charge >= 0.3 is 0 Å². The van der Waals surface area contributed by atoms with Crippen LogP contribution in [0.1, 0.15) is 28.6 Å². The van der Waals surface area contributed by atoms with Crippen LogP contribution in [0.3, 0.4) is 0 Å². The normalized spacial score (nSPS) is 20.0. The number of carbonyl (C=O) groups excluding carboxylic acids is 1. The molecule has 1 N–H and O–H groups in total. The van der Waals surface area contributed by atoms with Crippen molar-refractivity contribution in [3.8, 4) is 5.75 Å². The lowest BCUT2D eigenvalue weighted by Crippen LogP contribution is -2.32. The first-order valence-electron chi connectivity index (χ1n) is 8.12. The number of hydrogen-bond acceptors (Lipinski definition) is 6. The van der Waals surface area contributed by atoms with Crippen molar-refractivity contribution < 1.29 is 19.0 Å². The number of likely N-dealkylation sites (tertiary alicyclic amines) is 1. The van der Waals surface area contributed by atoms with E-state index in [0.29, 0.717) is 37.5 Å². The number of rotatable bonds is 7. The molecule has 1 unspecified atom stereocenters. The second-order valence-corrected chi connectivity index (χ2v) is 5.79. The van der Waals surface area contributed by atoms with E-state index in [2.05, 4.69) is 15.0 Å². The van der Waals surface area contributed by atoms with Crippen LogP contribution in [0, 0.1) is 0 Å². The van der Waals surface area contributed by atoms with E-state index in [4.69, 9.17) is 14.2 Å². The molecule has 25 heavy (non-hydrogen) atoms. The topological polar surface area (TPSA) is 89.6 Å². The third kappa shape index (κ3) is 3.97. The minimum absolute atomic E-state index is 0.0202. The monoisotopic (exact) mass is 346 g/mol. The van der Waals surface area contributed by atoms with Crippen molar-refractivity contribution in [3.63, 3.8) is 0 Å². The Bertz CT molecular complexity index is 692.